The summed E-state index contributed by atoms with van der Waals surface area (Å²) in [6.07, 6.45) is 42.8. The van der Waals surface area contributed by atoms with Gasteiger partial charge < -0.3 is 65.1 Å². The fourth-order valence-electron chi connectivity index (χ4n) is 11.7. The molecule has 4 unspecified atom stereocenters. The van der Waals surface area contributed by atoms with Crippen LogP contribution in [0, 0.1) is 0 Å². The van der Waals surface area contributed by atoms with Crippen LogP contribution in [-0.2, 0) is 23.7 Å². The summed E-state index contributed by atoms with van der Waals surface area (Å²) in [5, 5.41) is 87.3. The van der Waals surface area contributed by atoms with Gasteiger partial charge in [0.2, 0.25) is 5.91 Å². The van der Waals surface area contributed by atoms with Crippen molar-refractivity contribution in [3.05, 3.63) is 0 Å². The highest BCUT2D eigenvalue weighted by molar-refractivity contribution is 5.76. The lowest BCUT2D eigenvalue weighted by Gasteiger charge is -2.46. The Bertz CT molecular complexity index is 1330. The van der Waals surface area contributed by atoms with Crippen molar-refractivity contribution < 1.29 is 64.6 Å². The van der Waals surface area contributed by atoms with Gasteiger partial charge in [-0.2, -0.15) is 0 Å². The first-order valence-electron chi connectivity index (χ1n) is 33.8. The molecule has 14 nitrogen and oxygen atoms in total. The van der Waals surface area contributed by atoms with Crippen LogP contribution in [-0.4, -0.2) is 140 Å². The third kappa shape index (κ3) is 36.4. The number of hydrogen-bond donors (Lipinski definition) is 9. The molecule has 0 bridgehead atoms. The van der Waals surface area contributed by atoms with Crippen molar-refractivity contribution in [2.24, 2.45) is 0 Å². The van der Waals surface area contributed by atoms with Gasteiger partial charge >= 0.3 is 0 Å². The number of aliphatic hydroxyl groups is 8. The molecule has 0 aromatic rings. The monoisotopic (exact) mass is 1130 g/mol. The van der Waals surface area contributed by atoms with E-state index in [1.54, 1.807) is 0 Å². The van der Waals surface area contributed by atoms with Gasteiger partial charge in [-0.3, -0.25) is 4.79 Å². The zero-order valence-corrected chi connectivity index (χ0v) is 50.9. The number of carbonyl (C=O) groups excluding carboxylic acids is 1. The molecule has 2 saturated heterocycles. The highest BCUT2D eigenvalue weighted by Gasteiger charge is 2.51. The molecule has 1 amide bonds. The molecule has 0 radical (unpaired) electrons. The maximum atomic E-state index is 13.3. The van der Waals surface area contributed by atoms with Crippen LogP contribution in [0.3, 0.4) is 0 Å². The van der Waals surface area contributed by atoms with E-state index in [1.165, 1.54) is 238 Å². The van der Waals surface area contributed by atoms with Crippen LogP contribution in [0.1, 0.15) is 316 Å². The maximum Gasteiger partial charge on any atom is 0.220 e. The van der Waals surface area contributed by atoms with Gasteiger partial charge in [0, 0.05) is 6.42 Å². The van der Waals surface area contributed by atoms with Crippen LogP contribution in [0.4, 0.5) is 0 Å². The minimum atomic E-state index is -1.78. The number of rotatable bonds is 56. The molecular weight excluding hydrogens is 1000 g/mol. The first-order chi connectivity index (χ1) is 38.6. The van der Waals surface area contributed by atoms with Crippen LogP contribution < -0.4 is 5.32 Å². The number of amides is 1. The topological polar surface area (TPSA) is 228 Å². The van der Waals surface area contributed by atoms with Crippen molar-refractivity contribution in [1.29, 1.82) is 0 Å². The normalized spacial score (nSPS) is 24.3. The average molecular weight is 1130 g/mol. The fourth-order valence-corrected chi connectivity index (χ4v) is 11.7. The number of hydrogen-bond acceptors (Lipinski definition) is 13. The molecule has 2 heterocycles. The molecule has 14 heteroatoms. The van der Waals surface area contributed by atoms with Crippen molar-refractivity contribution in [3.8, 4) is 0 Å². The van der Waals surface area contributed by atoms with E-state index in [0.717, 1.165) is 51.4 Å². The Morgan fingerprint density at radius 3 is 1.08 bits per heavy atom. The van der Waals surface area contributed by atoms with Gasteiger partial charge in [-0.05, 0) is 12.8 Å². The third-order valence-corrected chi connectivity index (χ3v) is 17.1. The number of carbonyl (C=O) groups is 1. The Kier molecular flexibility index (Phi) is 48.2. The van der Waals surface area contributed by atoms with E-state index < -0.39 is 86.8 Å². The van der Waals surface area contributed by atoms with Crippen molar-refractivity contribution in [3.63, 3.8) is 0 Å². The number of unbranched alkanes of at least 4 members (excludes halogenated alkanes) is 43. The number of ether oxygens (including phenoxy) is 4. The van der Waals surface area contributed by atoms with Crippen molar-refractivity contribution in [2.75, 3.05) is 19.8 Å². The molecule has 0 spiro atoms. The Morgan fingerprint density at radius 1 is 0.405 bits per heavy atom. The number of nitrogens with one attached hydrogen (secondary N) is 1. The molecule has 9 N–H and O–H groups in total. The first-order valence-corrected chi connectivity index (χ1v) is 33.8. The largest absolute Gasteiger partial charge is 0.394 e. The standard InChI is InChI=1S/C65H127NO13/c1-3-5-7-9-11-13-15-17-18-19-20-21-22-23-24-25-26-27-28-29-30-31-32-33-34-35-37-39-41-43-45-47-49-57(70)66-53(54(69)48-46-44-42-40-38-36-16-14-12-10-8-6-4-2)52-76-64-62(75)60(73)63(56(51-68)78-64)79-65-61(74)59(72)58(71)55(50-67)77-65/h53-56,58-65,67-69,71-75H,3-52H2,1-2H3,(H,66,70)/t53-,54+,55+,56+,58-,59?,60?,61?,62?,63+,64+,65-/m0/s1. The van der Waals surface area contributed by atoms with Crippen molar-refractivity contribution >= 4 is 5.91 Å². The summed E-state index contributed by atoms with van der Waals surface area (Å²) in [6, 6.07) is -0.822. The molecule has 2 aliphatic heterocycles. The fraction of sp³-hybridized carbons (Fsp3) is 0.985. The third-order valence-electron chi connectivity index (χ3n) is 17.1. The van der Waals surface area contributed by atoms with E-state index in [-0.39, 0.29) is 12.5 Å². The first kappa shape index (κ1) is 74.1. The SMILES string of the molecule is CCCCCCCCCCCCCCCCCCCCCCCCCCCCCCCCCCC(=O)N[C@@H](CO[C@@H]1O[C@H](CO)[C@@H](O[C@@H]2O[C@H](CO)[C@H](O)C(O)C2O)C(O)C1O)[C@H](O)CCCCCCCCCCCCCCC. The van der Waals surface area contributed by atoms with Gasteiger partial charge in [-0.1, -0.05) is 296 Å². The van der Waals surface area contributed by atoms with E-state index >= 15 is 0 Å². The van der Waals surface area contributed by atoms with Crippen LogP contribution in [0.2, 0.25) is 0 Å². The Balaban J connectivity index is 1.60. The summed E-state index contributed by atoms with van der Waals surface area (Å²) >= 11 is 0. The average Bonchev–Trinajstić information content (AvgIpc) is 3.54. The quantitative estimate of drug-likeness (QED) is 0.0259. The Labute approximate surface area is 483 Å². The molecule has 0 aliphatic carbocycles. The molecule has 79 heavy (non-hydrogen) atoms. The van der Waals surface area contributed by atoms with Gasteiger partial charge in [0.1, 0.15) is 48.8 Å². The van der Waals surface area contributed by atoms with Crippen LogP contribution in [0.25, 0.3) is 0 Å². The molecule has 0 saturated carbocycles. The summed E-state index contributed by atoms with van der Waals surface area (Å²) in [5.74, 6) is -0.199. The second kappa shape index (κ2) is 51.4. The second-order valence-electron chi connectivity index (χ2n) is 24.3. The predicted molar refractivity (Wildman–Crippen MR) is 319 cm³/mol. The molecule has 12 atom stereocenters. The van der Waals surface area contributed by atoms with Crippen molar-refractivity contribution in [2.45, 2.75) is 389 Å². The Hall–Kier alpha value is -1.01. The summed E-state index contributed by atoms with van der Waals surface area (Å²) in [5.41, 5.74) is 0. The van der Waals surface area contributed by atoms with Gasteiger partial charge in [-0.15, -0.1) is 0 Å². The number of aliphatic hydroxyl groups excluding tert-OH is 8. The van der Waals surface area contributed by atoms with E-state index in [9.17, 15) is 45.6 Å². The molecule has 0 aromatic carbocycles. The zero-order valence-electron chi connectivity index (χ0n) is 50.9. The van der Waals surface area contributed by atoms with Gasteiger partial charge in [-0.25, -0.2) is 0 Å². The molecular formula is C65H127NO13. The Morgan fingerprint density at radius 2 is 0.722 bits per heavy atom. The highest BCUT2D eigenvalue weighted by Crippen LogP contribution is 2.30. The zero-order chi connectivity index (χ0) is 57.4. The summed E-state index contributed by atoms with van der Waals surface area (Å²) in [7, 11) is 0. The highest BCUT2D eigenvalue weighted by atomic mass is 16.7. The lowest BCUT2D eigenvalue weighted by molar-refractivity contribution is -0.359. The summed E-state index contributed by atoms with van der Waals surface area (Å²) in [6.45, 7) is 2.90. The lowest BCUT2D eigenvalue weighted by Crippen LogP contribution is -2.65. The van der Waals surface area contributed by atoms with Gasteiger partial charge in [0.25, 0.3) is 0 Å². The molecule has 2 rings (SSSR count). The lowest BCUT2D eigenvalue weighted by atomic mass is 9.97. The summed E-state index contributed by atoms with van der Waals surface area (Å²) < 4.78 is 22.9. The van der Waals surface area contributed by atoms with E-state index in [0.29, 0.717) is 12.8 Å². The van der Waals surface area contributed by atoms with Gasteiger partial charge in [0.15, 0.2) is 12.6 Å². The van der Waals surface area contributed by atoms with E-state index in [2.05, 4.69) is 19.2 Å². The van der Waals surface area contributed by atoms with Crippen LogP contribution >= 0.6 is 0 Å². The minimum absolute atomic E-state index is 0.199. The smallest absolute Gasteiger partial charge is 0.220 e. The van der Waals surface area contributed by atoms with E-state index in [4.69, 9.17) is 18.9 Å². The van der Waals surface area contributed by atoms with Crippen LogP contribution in [0.5, 0.6) is 0 Å². The minimum Gasteiger partial charge on any atom is -0.394 e. The van der Waals surface area contributed by atoms with Crippen LogP contribution in [0.15, 0.2) is 0 Å². The molecule has 470 valence electrons. The molecule has 2 fully saturated rings. The maximum absolute atomic E-state index is 13.3. The second-order valence-corrected chi connectivity index (χ2v) is 24.3. The predicted octanol–water partition coefficient (Wildman–Crippen LogP) is 12.8. The summed E-state index contributed by atoms with van der Waals surface area (Å²) in [4.78, 5) is 13.3. The van der Waals surface area contributed by atoms with E-state index in [1.807, 2.05) is 0 Å². The molecule has 0 aromatic heterocycles. The molecule has 2 aliphatic rings. The van der Waals surface area contributed by atoms with Gasteiger partial charge in [0.05, 0.1) is 32.0 Å². The van der Waals surface area contributed by atoms with Crippen molar-refractivity contribution in [1.82, 2.24) is 5.32 Å².